The van der Waals surface area contributed by atoms with Crippen molar-refractivity contribution in [3.63, 3.8) is 0 Å². The summed E-state index contributed by atoms with van der Waals surface area (Å²) in [5.41, 5.74) is 1.12. The number of rotatable bonds is 3. The number of carbonyl (C=O) groups is 1. The van der Waals surface area contributed by atoms with Crippen LogP contribution in [0.2, 0.25) is 0 Å². The van der Waals surface area contributed by atoms with E-state index in [1.54, 1.807) is 11.3 Å². The van der Waals surface area contributed by atoms with Crippen molar-refractivity contribution in [3.8, 4) is 0 Å². The Balaban J connectivity index is 1.87. The summed E-state index contributed by atoms with van der Waals surface area (Å²) in [5.74, 6) is 0.111. The van der Waals surface area contributed by atoms with E-state index in [1.807, 2.05) is 23.8 Å². The van der Waals surface area contributed by atoms with Gasteiger partial charge in [-0.15, -0.1) is 0 Å². The molecule has 16 heavy (non-hydrogen) atoms. The third kappa shape index (κ3) is 2.83. The maximum atomic E-state index is 12.0. The summed E-state index contributed by atoms with van der Waals surface area (Å²) >= 11 is 1.64. The SMILES string of the molecule is CC(C(=O)N[C@H]1CCCNC1)c1ccsc1. The highest BCUT2D eigenvalue weighted by molar-refractivity contribution is 7.08. The van der Waals surface area contributed by atoms with E-state index in [0.29, 0.717) is 6.04 Å². The molecule has 0 bridgehead atoms. The third-order valence-corrected chi connectivity index (χ3v) is 3.78. The fraction of sp³-hybridized carbons (Fsp3) is 0.583. The molecular formula is C12H18N2OS. The molecule has 3 nitrogen and oxygen atoms in total. The van der Waals surface area contributed by atoms with Crippen molar-refractivity contribution in [3.05, 3.63) is 22.4 Å². The van der Waals surface area contributed by atoms with Crippen LogP contribution in [0, 0.1) is 0 Å². The van der Waals surface area contributed by atoms with Crippen LogP contribution in [0.1, 0.15) is 31.2 Å². The van der Waals surface area contributed by atoms with Gasteiger partial charge in [0.05, 0.1) is 5.92 Å². The largest absolute Gasteiger partial charge is 0.352 e. The second-order valence-corrected chi connectivity index (χ2v) is 5.11. The zero-order chi connectivity index (χ0) is 11.4. The third-order valence-electron chi connectivity index (χ3n) is 3.08. The fourth-order valence-corrected chi connectivity index (χ4v) is 2.73. The number of amides is 1. The second-order valence-electron chi connectivity index (χ2n) is 4.33. The summed E-state index contributed by atoms with van der Waals surface area (Å²) in [7, 11) is 0. The average Bonchev–Trinajstić information content (AvgIpc) is 2.83. The standard InChI is InChI=1S/C12H18N2OS/c1-9(10-4-6-16-8-10)12(15)14-11-3-2-5-13-7-11/h4,6,8-9,11,13H,2-3,5,7H2,1H3,(H,14,15)/t9?,11-/m0/s1. The van der Waals surface area contributed by atoms with Crippen LogP contribution in [0.15, 0.2) is 16.8 Å². The molecule has 2 N–H and O–H groups in total. The van der Waals surface area contributed by atoms with Crippen LogP contribution in [-0.2, 0) is 4.79 Å². The zero-order valence-electron chi connectivity index (χ0n) is 9.53. The van der Waals surface area contributed by atoms with Crippen molar-refractivity contribution >= 4 is 17.2 Å². The molecule has 1 saturated heterocycles. The maximum absolute atomic E-state index is 12.0. The van der Waals surface area contributed by atoms with Crippen molar-refractivity contribution < 1.29 is 4.79 Å². The van der Waals surface area contributed by atoms with Gasteiger partial charge in [0.15, 0.2) is 0 Å². The van der Waals surface area contributed by atoms with Crippen molar-refractivity contribution in [1.29, 1.82) is 0 Å². The van der Waals surface area contributed by atoms with Gasteiger partial charge in [0, 0.05) is 12.6 Å². The summed E-state index contributed by atoms with van der Waals surface area (Å²) in [4.78, 5) is 12.0. The fourth-order valence-electron chi connectivity index (χ4n) is 1.97. The number of thiophene rings is 1. The molecule has 0 spiro atoms. The average molecular weight is 238 g/mol. The van der Waals surface area contributed by atoms with E-state index in [1.165, 1.54) is 0 Å². The lowest BCUT2D eigenvalue weighted by Crippen LogP contribution is -2.46. The molecule has 2 heterocycles. The van der Waals surface area contributed by atoms with Crippen molar-refractivity contribution in [2.75, 3.05) is 13.1 Å². The molecule has 2 rings (SSSR count). The molecule has 0 radical (unpaired) electrons. The summed E-state index contributed by atoms with van der Waals surface area (Å²) in [6.07, 6.45) is 2.24. The van der Waals surface area contributed by atoms with Crippen LogP contribution in [-0.4, -0.2) is 25.0 Å². The lowest BCUT2D eigenvalue weighted by molar-refractivity contribution is -0.123. The molecule has 1 fully saturated rings. The van der Waals surface area contributed by atoms with Crippen molar-refractivity contribution in [2.24, 2.45) is 0 Å². The minimum absolute atomic E-state index is 0.0341. The molecule has 1 aromatic heterocycles. The summed E-state index contributed by atoms with van der Waals surface area (Å²) in [5, 5.41) is 10.5. The Morgan fingerprint density at radius 1 is 1.69 bits per heavy atom. The lowest BCUT2D eigenvalue weighted by Gasteiger charge is -2.25. The normalized spacial score (nSPS) is 22.7. The first-order valence-corrected chi connectivity index (χ1v) is 6.75. The van der Waals surface area contributed by atoms with E-state index in [9.17, 15) is 4.79 Å². The van der Waals surface area contributed by atoms with Gasteiger partial charge in [-0.05, 0) is 48.7 Å². The number of carbonyl (C=O) groups excluding carboxylic acids is 1. The Hall–Kier alpha value is -0.870. The van der Waals surface area contributed by atoms with E-state index < -0.39 is 0 Å². The molecule has 1 aromatic rings. The Bertz CT molecular complexity index is 331. The van der Waals surface area contributed by atoms with Gasteiger partial charge < -0.3 is 10.6 Å². The highest BCUT2D eigenvalue weighted by Crippen LogP contribution is 2.18. The van der Waals surface area contributed by atoms with Crippen LogP contribution in [0.4, 0.5) is 0 Å². The van der Waals surface area contributed by atoms with Crippen LogP contribution < -0.4 is 10.6 Å². The van der Waals surface area contributed by atoms with Crippen LogP contribution in [0.25, 0.3) is 0 Å². The first kappa shape index (κ1) is 11.6. The van der Waals surface area contributed by atoms with Crippen LogP contribution >= 0.6 is 11.3 Å². The second kappa shape index (κ2) is 5.46. The Labute approximate surface area is 100 Å². The van der Waals surface area contributed by atoms with Gasteiger partial charge >= 0.3 is 0 Å². The molecule has 1 aliphatic heterocycles. The van der Waals surface area contributed by atoms with Gasteiger partial charge in [0.2, 0.25) is 5.91 Å². The smallest absolute Gasteiger partial charge is 0.227 e. The first-order valence-electron chi connectivity index (χ1n) is 5.80. The van der Waals surface area contributed by atoms with Gasteiger partial charge in [-0.2, -0.15) is 11.3 Å². The molecule has 2 atom stereocenters. The van der Waals surface area contributed by atoms with Gasteiger partial charge in [0.1, 0.15) is 0 Å². The molecule has 0 aliphatic carbocycles. The molecule has 0 aromatic carbocycles. The monoisotopic (exact) mass is 238 g/mol. The van der Waals surface area contributed by atoms with E-state index in [-0.39, 0.29) is 11.8 Å². The molecule has 1 unspecified atom stereocenters. The molecule has 4 heteroatoms. The Morgan fingerprint density at radius 2 is 2.56 bits per heavy atom. The minimum Gasteiger partial charge on any atom is -0.352 e. The zero-order valence-corrected chi connectivity index (χ0v) is 10.3. The van der Waals surface area contributed by atoms with Gasteiger partial charge in [-0.3, -0.25) is 4.79 Å². The van der Waals surface area contributed by atoms with E-state index >= 15 is 0 Å². The minimum atomic E-state index is -0.0341. The predicted octanol–water partition coefficient (Wildman–Crippen LogP) is 1.72. The van der Waals surface area contributed by atoms with Crippen LogP contribution in [0.3, 0.4) is 0 Å². The first-order chi connectivity index (χ1) is 7.77. The summed E-state index contributed by atoms with van der Waals surface area (Å²) < 4.78 is 0. The lowest BCUT2D eigenvalue weighted by atomic mass is 10.0. The topological polar surface area (TPSA) is 41.1 Å². The van der Waals surface area contributed by atoms with Crippen LogP contribution in [0.5, 0.6) is 0 Å². The van der Waals surface area contributed by atoms with Gasteiger partial charge in [-0.1, -0.05) is 0 Å². The summed E-state index contributed by atoms with van der Waals surface area (Å²) in [6.45, 7) is 3.95. The van der Waals surface area contributed by atoms with E-state index in [0.717, 1.165) is 31.5 Å². The molecule has 1 amide bonds. The predicted molar refractivity (Wildman–Crippen MR) is 66.8 cm³/mol. The molecule has 0 saturated carbocycles. The van der Waals surface area contributed by atoms with Crippen molar-refractivity contribution in [1.82, 2.24) is 10.6 Å². The Kier molecular flexibility index (Phi) is 3.96. The van der Waals surface area contributed by atoms with E-state index in [2.05, 4.69) is 10.6 Å². The molecule has 88 valence electrons. The number of nitrogens with one attached hydrogen (secondary N) is 2. The Morgan fingerprint density at radius 3 is 3.19 bits per heavy atom. The number of hydrogen-bond donors (Lipinski definition) is 2. The molecule has 1 aliphatic rings. The molecular weight excluding hydrogens is 220 g/mol. The van der Waals surface area contributed by atoms with Gasteiger partial charge in [0.25, 0.3) is 0 Å². The maximum Gasteiger partial charge on any atom is 0.227 e. The van der Waals surface area contributed by atoms with Gasteiger partial charge in [-0.25, -0.2) is 0 Å². The summed E-state index contributed by atoms with van der Waals surface area (Å²) in [6, 6.07) is 2.33. The van der Waals surface area contributed by atoms with Crippen molar-refractivity contribution in [2.45, 2.75) is 31.7 Å². The highest BCUT2D eigenvalue weighted by Gasteiger charge is 2.20. The number of hydrogen-bond acceptors (Lipinski definition) is 3. The quantitative estimate of drug-likeness (QED) is 0.842. The van der Waals surface area contributed by atoms with E-state index in [4.69, 9.17) is 0 Å². The highest BCUT2D eigenvalue weighted by atomic mass is 32.1. The number of piperidine rings is 1.